The van der Waals surface area contributed by atoms with Gasteiger partial charge in [0.1, 0.15) is 19.0 Å². The number of hydrogen-bond acceptors (Lipinski definition) is 5. The van der Waals surface area contributed by atoms with Crippen LogP contribution in [0.3, 0.4) is 0 Å². The average molecular weight is 421 g/mol. The van der Waals surface area contributed by atoms with E-state index in [4.69, 9.17) is 21.1 Å². The Morgan fingerprint density at radius 1 is 0.867 bits per heavy atom. The normalized spacial score (nSPS) is 10.7. The van der Waals surface area contributed by atoms with E-state index < -0.39 is 5.97 Å². The third-order valence-corrected chi connectivity index (χ3v) is 4.72. The molecule has 0 saturated carbocycles. The van der Waals surface area contributed by atoms with Gasteiger partial charge in [0.2, 0.25) is 0 Å². The van der Waals surface area contributed by atoms with Crippen LogP contribution in [0.5, 0.6) is 5.75 Å². The highest BCUT2D eigenvalue weighted by molar-refractivity contribution is 6.32. The van der Waals surface area contributed by atoms with E-state index in [0.29, 0.717) is 27.2 Å². The van der Waals surface area contributed by atoms with Crippen LogP contribution in [-0.2, 0) is 4.74 Å². The van der Waals surface area contributed by atoms with Crippen molar-refractivity contribution in [2.45, 2.75) is 0 Å². The summed E-state index contributed by atoms with van der Waals surface area (Å²) in [7, 11) is 0. The Labute approximate surface area is 177 Å². The zero-order valence-electron chi connectivity index (χ0n) is 15.8. The first-order valence-electron chi connectivity index (χ1n) is 9.27. The minimum atomic E-state index is -0.640. The maximum atomic E-state index is 12.9. The van der Waals surface area contributed by atoms with Crippen LogP contribution in [0.4, 0.5) is 0 Å². The molecule has 0 amide bonds. The van der Waals surface area contributed by atoms with E-state index in [9.17, 15) is 9.59 Å². The number of nitrogens with zero attached hydrogens (tertiary/aromatic N) is 2. The van der Waals surface area contributed by atoms with Crippen molar-refractivity contribution < 1.29 is 14.3 Å². The Balaban J connectivity index is 1.58. The summed E-state index contributed by atoms with van der Waals surface area (Å²) in [5, 5.41) is 5.59. The minimum Gasteiger partial charge on any atom is -0.488 e. The third-order valence-electron chi connectivity index (χ3n) is 4.41. The summed E-state index contributed by atoms with van der Waals surface area (Å²) in [6.45, 7) is 0.135. The largest absolute Gasteiger partial charge is 0.488 e. The van der Waals surface area contributed by atoms with Gasteiger partial charge in [-0.1, -0.05) is 60.1 Å². The predicted molar refractivity (Wildman–Crippen MR) is 115 cm³/mol. The molecule has 0 N–H and O–H groups in total. The first kappa shape index (κ1) is 19.7. The highest BCUT2D eigenvalue weighted by atomic mass is 35.5. The Hall–Kier alpha value is -3.64. The second-order valence-corrected chi connectivity index (χ2v) is 6.77. The molecule has 7 heteroatoms. The molecular weight excluding hydrogens is 404 g/mol. The molecule has 0 unspecified atom stereocenters. The molecule has 6 nitrogen and oxygen atoms in total. The minimum absolute atomic E-state index is 0.00449. The van der Waals surface area contributed by atoms with Crippen molar-refractivity contribution in [3.05, 3.63) is 99.9 Å². The highest BCUT2D eigenvalue weighted by Gasteiger charge is 2.18. The maximum absolute atomic E-state index is 12.9. The van der Waals surface area contributed by atoms with Crippen molar-refractivity contribution in [1.29, 1.82) is 0 Å². The molecule has 0 aliphatic carbocycles. The van der Waals surface area contributed by atoms with Crippen LogP contribution in [0.25, 0.3) is 16.5 Å². The molecule has 0 bridgehead atoms. The van der Waals surface area contributed by atoms with Crippen molar-refractivity contribution in [2.24, 2.45) is 0 Å². The zero-order valence-corrected chi connectivity index (χ0v) is 16.6. The van der Waals surface area contributed by atoms with Gasteiger partial charge in [0.05, 0.1) is 16.1 Å². The van der Waals surface area contributed by atoms with E-state index in [-0.39, 0.29) is 24.5 Å². The van der Waals surface area contributed by atoms with Crippen LogP contribution < -0.4 is 10.3 Å². The van der Waals surface area contributed by atoms with E-state index in [1.165, 1.54) is 4.68 Å². The summed E-state index contributed by atoms with van der Waals surface area (Å²) in [4.78, 5) is 25.6. The monoisotopic (exact) mass is 420 g/mol. The number of carbonyl (C=O) groups is 1. The molecule has 0 aliphatic heterocycles. The van der Waals surface area contributed by atoms with E-state index in [0.717, 1.165) is 0 Å². The van der Waals surface area contributed by atoms with Crippen molar-refractivity contribution in [3.63, 3.8) is 0 Å². The van der Waals surface area contributed by atoms with Gasteiger partial charge in [-0.3, -0.25) is 4.79 Å². The molecule has 0 aliphatic rings. The Bertz CT molecular complexity index is 1260. The van der Waals surface area contributed by atoms with Crippen LogP contribution in [0, 0.1) is 0 Å². The first-order chi connectivity index (χ1) is 14.6. The standard InChI is InChI=1S/C23H17ClN2O4/c24-19-12-6-7-13-20(19)29-14-15-30-23(28)21-17-10-4-5-11-18(17)22(27)26(25-21)16-8-2-1-3-9-16/h1-13H,14-15H2. The van der Waals surface area contributed by atoms with Gasteiger partial charge in [0.25, 0.3) is 5.56 Å². The van der Waals surface area contributed by atoms with Crippen LogP contribution in [0.2, 0.25) is 5.02 Å². The van der Waals surface area contributed by atoms with Gasteiger partial charge in [0, 0.05) is 5.39 Å². The molecular formula is C23H17ClN2O4. The molecule has 0 spiro atoms. The molecule has 1 aromatic heterocycles. The third kappa shape index (κ3) is 4.04. The summed E-state index contributed by atoms with van der Waals surface area (Å²) in [5.74, 6) is -0.130. The van der Waals surface area contributed by atoms with Gasteiger partial charge in [0.15, 0.2) is 5.69 Å². The van der Waals surface area contributed by atoms with Gasteiger partial charge in [-0.05, 0) is 30.3 Å². The smallest absolute Gasteiger partial charge is 0.359 e. The predicted octanol–water partition coefficient (Wildman–Crippen LogP) is 4.27. The van der Waals surface area contributed by atoms with Gasteiger partial charge in [-0.15, -0.1) is 0 Å². The van der Waals surface area contributed by atoms with Crippen LogP contribution >= 0.6 is 11.6 Å². The summed E-state index contributed by atoms with van der Waals surface area (Å²) in [6, 6.07) is 22.8. The molecule has 0 radical (unpaired) electrons. The van der Waals surface area contributed by atoms with E-state index in [2.05, 4.69) is 5.10 Å². The zero-order chi connectivity index (χ0) is 20.9. The van der Waals surface area contributed by atoms with Crippen molar-refractivity contribution >= 4 is 28.3 Å². The first-order valence-corrected chi connectivity index (χ1v) is 9.65. The molecule has 0 fully saturated rings. The lowest BCUT2D eigenvalue weighted by Gasteiger charge is -2.11. The van der Waals surface area contributed by atoms with E-state index in [1.54, 1.807) is 72.8 Å². The van der Waals surface area contributed by atoms with Crippen molar-refractivity contribution in [1.82, 2.24) is 9.78 Å². The number of hydrogen-bond donors (Lipinski definition) is 0. The number of aromatic nitrogens is 2. The van der Waals surface area contributed by atoms with E-state index in [1.807, 2.05) is 6.07 Å². The second-order valence-electron chi connectivity index (χ2n) is 6.36. The fourth-order valence-electron chi connectivity index (χ4n) is 3.00. The highest BCUT2D eigenvalue weighted by Crippen LogP contribution is 2.23. The quantitative estimate of drug-likeness (QED) is 0.344. The van der Waals surface area contributed by atoms with Crippen molar-refractivity contribution in [3.8, 4) is 11.4 Å². The Morgan fingerprint density at radius 2 is 1.53 bits per heavy atom. The molecule has 0 saturated heterocycles. The summed E-state index contributed by atoms with van der Waals surface area (Å²) in [6.07, 6.45) is 0. The number of esters is 1. The molecule has 30 heavy (non-hydrogen) atoms. The van der Waals surface area contributed by atoms with Gasteiger partial charge >= 0.3 is 5.97 Å². The Kier molecular flexibility index (Phi) is 5.77. The van der Waals surface area contributed by atoms with Crippen LogP contribution in [0.1, 0.15) is 10.5 Å². The summed E-state index contributed by atoms with van der Waals surface area (Å²) >= 11 is 6.04. The van der Waals surface area contributed by atoms with Gasteiger partial charge in [-0.2, -0.15) is 9.78 Å². The number of ether oxygens (including phenoxy) is 2. The lowest BCUT2D eigenvalue weighted by Crippen LogP contribution is -2.25. The number of carbonyl (C=O) groups excluding carboxylic acids is 1. The Morgan fingerprint density at radius 3 is 2.30 bits per heavy atom. The number of fused-ring (bicyclic) bond motifs is 1. The molecule has 150 valence electrons. The van der Waals surface area contributed by atoms with Gasteiger partial charge < -0.3 is 9.47 Å². The number of para-hydroxylation sites is 2. The SMILES string of the molecule is O=C(OCCOc1ccccc1Cl)c1nn(-c2ccccc2)c(=O)c2ccccc12. The number of benzene rings is 3. The maximum Gasteiger partial charge on any atom is 0.359 e. The van der Waals surface area contributed by atoms with Crippen molar-refractivity contribution in [2.75, 3.05) is 13.2 Å². The molecule has 4 rings (SSSR count). The lowest BCUT2D eigenvalue weighted by molar-refractivity contribution is 0.0444. The number of halogens is 1. The topological polar surface area (TPSA) is 70.4 Å². The fraction of sp³-hybridized carbons (Fsp3) is 0.0870. The van der Waals surface area contributed by atoms with Crippen LogP contribution in [-0.4, -0.2) is 29.0 Å². The van der Waals surface area contributed by atoms with Gasteiger partial charge in [-0.25, -0.2) is 4.79 Å². The molecule has 0 atom stereocenters. The average Bonchev–Trinajstić information content (AvgIpc) is 2.79. The summed E-state index contributed by atoms with van der Waals surface area (Å²) < 4.78 is 12.1. The second kappa shape index (κ2) is 8.80. The summed E-state index contributed by atoms with van der Waals surface area (Å²) in [5.41, 5.74) is 0.312. The lowest BCUT2D eigenvalue weighted by atomic mass is 10.1. The molecule has 4 aromatic rings. The number of rotatable bonds is 6. The molecule has 1 heterocycles. The molecule has 3 aromatic carbocycles. The fourth-order valence-corrected chi connectivity index (χ4v) is 3.19. The van der Waals surface area contributed by atoms with Crippen LogP contribution in [0.15, 0.2) is 83.7 Å². The van der Waals surface area contributed by atoms with E-state index >= 15 is 0 Å².